The second-order valence-electron chi connectivity index (χ2n) is 6.45. The number of rotatable bonds is 3. The van der Waals surface area contributed by atoms with Gasteiger partial charge in [-0.2, -0.15) is 5.10 Å². The molecule has 1 atom stereocenters. The molecule has 2 aliphatic rings. The molecule has 2 heterocycles. The van der Waals surface area contributed by atoms with Crippen molar-refractivity contribution in [1.82, 2.24) is 10.2 Å². The molecule has 1 aromatic carbocycles. The van der Waals surface area contributed by atoms with Crippen molar-refractivity contribution in [3.63, 3.8) is 0 Å². The third kappa shape index (κ3) is 3.02. The zero-order chi connectivity index (χ0) is 16.5. The number of hydrogen-bond donors (Lipinski definition) is 2. The van der Waals surface area contributed by atoms with E-state index in [-0.39, 0.29) is 11.2 Å². The van der Waals surface area contributed by atoms with Gasteiger partial charge in [-0.25, -0.2) is 0 Å². The molecule has 0 bridgehead atoms. The standard InChI is InChI=1S/C18H21N3O2S/c1-11-16-17(24-10-15(22)19-18(16)21-20-11)12-5-4-8-14(9-12)23-13-6-2-3-7-13/h4-5,8-9,13,17H,2-3,6-7,10H2,1H3,(H2,19,20,21,22)/t17-/m0/s1. The highest BCUT2D eigenvalue weighted by molar-refractivity contribution is 8.00. The minimum absolute atomic E-state index is 0.00592. The Balaban J connectivity index is 1.65. The minimum Gasteiger partial charge on any atom is -0.490 e. The van der Waals surface area contributed by atoms with E-state index in [2.05, 4.69) is 27.6 Å². The van der Waals surface area contributed by atoms with Gasteiger partial charge in [0, 0.05) is 11.3 Å². The number of thioether (sulfide) groups is 1. The predicted molar refractivity (Wildman–Crippen MR) is 95.6 cm³/mol. The molecule has 6 heteroatoms. The fraction of sp³-hybridized carbons (Fsp3) is 0.444. The second-order valence-corrected chi connectivity index (χ2v) is 7.54. The van der Waals surface area contributed by atoms with E-state index in [9.17, 15) is 4.79 Å². The third-order valence-corrected chi connectivity index (χ3v) is 5.93. The van der Waals surface area contributed by atoms with Gasteiger partial charge >= 0.3 is 0 Å². The van der Waals surface area contributed by atoms with Gasteiger partial charge in [0.15, 0.2) is 5.82 Å². The molecule has 0 radical (unpaired) electrons. The van der Waals surface area contributed by atoms with Crippen molar-refractivity contribution in [3.8, 4) is 5.75 Å². The first-order valence-electron chi connectivity index (χ1n) is 8.43. The number of anilines is 1. The number of benzene rings is 1. The SMILES string of the molecule is Cc1[nH]nc2c1[C@H](c1cccc(OC3CCCC3)c1)SCC(=O)N2. The van der Waals surface area contributed by atoms with E-state index < -0.39 is 0 Å². The molecule has 1 aliphatic carbocycles. The number of aromatic nitrogens is 2. The summed E-state index contributed by atoms with van der Waals surface area (Å²) in [6, 6.07) is 8.28. The van der Waals surface area contributed by atoms with Gasteiger partial charge in [-0.3, -0.25) is 9.89 Å². The Kier molecular flexibility index (Phi) is 4.22. The zero-order valence-electron chi connectivity index (χ0n) is 13.7. The molecule has 0 spiro atoms. The molecule has 1 saturated carbocycles. The van der Waals surface area contributed by atoms with E-state index in [0.717, 1.165) is 35.4 Å². The molecule has 1 aromatic heterocycles. The van der Waals surface area contributed by atoms with Crippen LogP contribution in [-0.2, 0) is 4.79 Å². The van der Waals surface area contributed by atoms with Crippen LogP contribution in [0, 0.1) is 6.92 Å². The second kappa shape index (κ2) is 6.51. The van der Waals surface area contributed by atoms with Crippen molar-refractivity contribution >= 4 is 23.5 Å². The van der Waals surface area contributed by atoms with Gasteiger partial charge in [-0.15, -0.1) is 11.8 Å². The first-order chi connectivity index (χ1) is 11.7. The van der Waals surface area contributed by atoms with Gasteiger partial charge in [0.25, 0.3) is 0 Å². The van der Waals surface area contributed by atoms with Crippen LogP contribution in [0.4, 0.5) is 5.82 Å². The topological polar surface area (TPSA) is 67.0 Å². The van der Waals surface area contributed by atoms with Gasteiger partial charge in [0.2, 0.25) is 5.91 Å². The van der Waals surface area contributed by atoms with Gasteiger partial charge in [0.1, 0.15) is 5.75 Å². The van der Waals surface area contributed by atoms with Crippen molar-refractivity contribution in [1.29, 1.82) is 0 Å². The predicted octanol–water partition coefficient (Wildman–Crippen LogP) is 3.81. The molecule has 0 unspecified atom stereocenters. The van der Waals surface area contributed by atoms with Crippen LogP contribution >= 0.6 is 11.8 Å². The van der Waals surface area contributed by atoms with Crippen molar-refractivity contribution in [2.45, 2.75) is 44.0 Å². The molecule has 2 N–H and O–H groups in total. The Labute approximate surface area is 145 Å². The average molecular weight is 343 g/mol. The van der Waals surface area contributed by atoms with Crippen LogP contribution in [-0.4, -0.2) is 28.0 Å². The number of carbonyl (C=O) groups excluding carboxylic acids is 1. The van der Waals surface area contributed by atoms with E-state index >= 15 is 0 Å². The summed E-state index contributed by atoms with van der Waals surface area (Å²) in [5.74, 6) is 1.99. The van der Waals surface area contributed by atoms with Gasteiger partial charge in [-0.05, 0) is 50.3 Å². The number of carbonyl (C=O) groups is 1. The van der Waals surface area contributed by atoms with Crippen LogP contribution in [0.15, 0.2) is 24.3 Å². The molecule has 24 heavy (non-hydrogen) atoms. The minimum atomic E-state index is -0.00592. The molecular formula is C18H21N3O2S. The smallest absolute Gasteiger partial charge is 0.235 e. The highest BCUT2D eigenvalue weighted by atomic mass is 32.2. The Hall–Kier alpha value is -1.95. The maximum absolute atomic E-state index is 11.9. The number of fused-ring (bicyclic) bond motifs is 1. The Bertz CT molecular complexity index is 752. The van der Waals surface area contributed by atoms with Crippen molar-refractivity contribution in [3.05, 3.63) is 41.1 Å². The summed E-state index contributed by atoms with van der Waals surface area (Å²) < 4.78 is 6.14. The lowest BCUT2D eigenvalue weighted by molar-refractivity contribution is -0.113. The summed E-state index contributed by atoms with van der Waals surface area (Å²) in [7, 11) is 0. The zero-order valence-corrected chi connectivity index (χ0v) is 14.5. The number of ether oxygens (including phenoxy) is 1. The van der Waals surface area contributed by atoms with Crippen LogP contribution in [0.1, 0.15) is 47.8 Å². The summed E-state index contributed by atoms with van der Waals surface area (Å²) >= 11 is 1.63. The highest BCUT2D eigenvalue weighted by Gasteiger charge is 2.28. The van der Waals surface area contributed by atoms with Crippen LogP contribution in [0.5, 0.6) is 5.75 Å². The Morgan fingerprint density at radius 1 is 1.29 bits per heavy atom. The molecule has 4 rings (SSSR count). The van der Waals surface area contributed by atoms with E-state index in [1.807, 2.05) is 19.1 Å². The van der Waals surface area contributed by atoms with Crippen LogP contribution in [0.3, 0.4) is 0 Å². The summed E-state index contributed by atoms with van der Waals surface area (Å²) in [6.45, 7) is 2.00. The Morgan fingerprint density at radius 2 is 2.12 bits per heavy atom. The molecular weight excluding hydrogens is 322 g/mol. The number of aryl methyl sites for hydroxylation is 1. The maximum Gasteiger partial charge on any atom is 0.235 e. The molecule has 1 aliphatic heterocycles. The molecule has 126 valence electrons. The summed E-state index contributed by atoms with van der Waals surface area (Å²) in [5.41, 5.74) is 3.20. The van der Waals surface area contributed by atoms with E-state index in [0.29, 0.717) is 17.7 Å². The fourth-order valence-electron chi connectivity index (χ4n) is 3.48. The molecule has 5 nitrogen and oxygen atoms in total. The van der Waals surface area contributed by atoms with Crippen molar-refractivity contribution < 1.29 is 9.53 Å². The molecule has 1 fully saturated rings. The summed E-state index contributed by atoms with van der Waals surface area (Å²) in [5, 5.41) is 10.2. The summed E-state index contributed by atoms with van der Waals surface area (Å²) in [6.07, 6.45) is 5.15. The summed E-state index contributed by atoms with van der Waals surface area (Å²) in [4.78, 5) is 11.9. The van der Waals surface area contributed by atoms with Crippen LogP contribution in [0.25, 0.3) is 0 Å². The number of amides is 1. The van der Waals surface area contributed by atoms with Crippen LogP contribution < -0.4 is 10.1 Å². The lowest BCUT2D eigenvalue weighted by Crippen LogP contribution is -2.12. The number of hydrogen-bond acceptors (Lipinski definition) is 4. The average Bonchev–Trinajstić information content (AvgIpc) is 3.16. The van der Waals surface area contributed by atoms with Crippen molar-refractivity contribution in [2.75, 3.05) is 11.1 Å². The normalized spacial score (nSPS) is 21.2. The molecule has 0 saturated heterocycles. The first-order valence-corrected chi connectivity index (χ1v) is 9.48. The van der Waals surface area contributed by atoms with Crippen LogP contribution in [0.2, 0.25) is 0 Å². The molecule has 1 amide bonds. The van der Waals surface area contributed by atoms with E-state index in [4.69, 9.17) is 4.74 Å². The quantitative estimate of drug-likeness (QED) is 0.889. The number of nitrogens with zero attached hydrogens (tertiary/aromatic N) is 1. The number of H-pyrrole nitrogens is 1. The third-order valence-electron chi connectivity index (χ3n) is 4.66. The number of aromatic amines is 1. The monoisotopic (exact) mass is 343 g/mol. The number of nitrogens with one attached hydrogen (secondary N) is 2. The van der Waals surface area contributed by atoms with Gasteiger partial charge < -0.3 is 10.1 Å². The molecule has 2 aromatic rings. The lowest BCUT2D eigenvalue weighted by atomic mass is 10.0. The Morgan fingerprint density at radius 3 is 2.96 bits per heavy atom. The fourth-order valence-corrected chi connectivity index (χ4v) is 4.66. The van der Waals surface area contributed by atoms with Crippen molar-refractivity contribution in [2.24, 2.45) is 0 Å². The van der Waals surface area contributed by atoms with Gasteiger partial charge in [0.05, 0.1) is 17.1 Å². The van der Waals surface area contributed by atoms with E-state index in [1.165, 1.54) is 12.8 Å². The maximum atomic E-state index is 11.9. The highest BCUT2D eigenvalue weighted by Crippen LogP contribution is 2.43. The van der Waals surface area contributed by atoms with E-state index in [1.54, 1.807) is 11.8 Å². The first kappa shape index (κ1) is 15.6. The van der Waals surface area contributed by atoms with Gasteiger partial charge in [-0.1, -0.05) is 12.1 Å². The largest absolute Gasteiger partial charge is 0.490 e. The lowest BCUT2D eigenvalue weighted by Gasteiger charge is -2.18.